The second-order valence-electron chi connectivity index (χ2n) is 5.80. The average Bonchev–Trinajstić information content (AvgIpc) is 2.49. The summed E-state index contributed by atoms with van der Waals surface area (Å²) < 4.78 is 6.66. The van der Waals surface area contributed by atoms with Crippen LogP contribution in [0.2, 0.25) is 0 Å². The molecule has 0 heterocycles. The summed E-state index contributed by atoms with van der Waals surface area (Å²) in [5.41, 5.74) is 3.52. The Morgan fingerprint density at radius 2 is 1.74 bits per heavy atom. The maximum absolute atomic E-state index is 12.3. The first kappa shape index (κ1) is 17.5. The lowest BCUT2D eigenvalue weighted by Crippen LogP contribution is -2.37. The molecular formula is C19H22BrNO2. The van der Waals surface area contributed by atoms with Crippen molar-refractivity contribution < 1.29 is 9.53 Å². The van der Waals surface area contributed by atoms with Gasteiger partial charge >= 0.3 is 0 Å². The van der Waals surface area contributed by atoms with Crippen LogP contribution in [0.1, 0.15) is 36.6 Å². The number of nitrogens with one attached hydrogen (secondary N) is 1. The molecule has 3 nitrogen and oxygen atoms in total. The Bertz CT molecular complexity index is 682. The van der Waals surface area contributed by atoms with Crippen LogP contribution in [0.5, 0.6) is 5.75 Å². The number of hydrogen-bond donors (Lipinski definition) is 1. The predicted octanol–water partition coefficient (Wildman–Crippen LogP) is 4.71. The summed E-state index contributed by atoms with van der Waals surface area (Å²) >= 11 is 3.38. The highest BCUT2D eigenvalue weighted by Gasteiger charge is 2.18. The molecule has 0 aliphatic carbocycles. The normalized spacial score (nSPS) is 13.3. The minimum absolute atomic E-state index is 0.0564. The maximum Gasteiger partial charge on any atom is 0.261 e. The average molecular weight is 376 g/mol. The van der Waals surface area contributed by atoms with Crippen LogP contribution in [-0.4, -0.2) is 12.0 Å². The van der Waals surface area contributed by atoms with E-state index in [2.05, 4.69) is 53.3 Å². The number of halogens is 1. The van der Waals surface area contributed by atoms with Crippen molar-refractivity contribution in [2.75, 3.05) is 0 Å². The zero-order valence-electron chi connectivity index (χ0n) is 13.9. The number of benzene rings is 2. The van der Waals surface area contributed by atoms with Crippen molar-refractivity contribution >= 4 is 21.8 Å². The van der Waals surface area contributed by atoms with Gasteiger partial charge in [0.15, 0.2) is 6.10 Å². The number of ether oxygens (including phenoxy) is 1. The van der Waals surface area contributed by atoms with Crippen molar-refractivity contribution in [3.05, 3.63) is 63.6 Å². The van der Waals surface area contributed by atoms with E-state index in [1.807, 2.05) is 31.2 Å². The van der Waals surface area contributed by atoms with Crippen LogP contribution in [0.3, 0.4) is 0 Å². The van der Waals surface area contributed by atoms with Crippen molar-refractivity contribution in [3.63, 3.8) is 0 Å². The lowest BCUT2D eigenvalue weighted by Gasteiger charge is -2.20. The van der Waals surface area contributed by atoms with Crippen molar-refractivity contribution in [2.24, 2.45) is 0 Å². The van der Waals surface area contributed by atoms with Crippen LogP contribution in [0.15, 0.2) is 46.9 Å². The zero-order valence-corrected chi connectivity index (χ0v) is 15.5. The first-order valence-corrected chi connectivity index (χ1v) is 8.46. The van der Waals surface area contributed by atoms with Gasteiger partial charge in [-0.05, 0) is 63.1 Å². The topological polar surface area (TPSA) is 38.3 Å². The predicted molar refractivity (Wildman–Crippen MR) is 96.7 cm³/mol. The Hall–Kier alpha value is -1.81. The molecule has 0 spiro atoms. The molecule has 0 fully saturated rings. The third-order valence-electron chi connectivity index (χ3n) is 3.75. The minimum atomic E-state index is -0.552. The maximum atomic E-state index is 12.3. The zero-order chi connectivity index (χ0) is 17.0. The van der Waals surface area contributed by atoms with Gasteiger partial charge in [-0.25, -0.2) is 0 Å². The monoisotopic (exact) mass is 375 g/mol. The standard InChI is InChI=1S/C19H22BrNO2/c1-12-5-10-18(13(2)11-12)14(3)21-19(22)15(4)23-17-8-6-16(20)7-9-17/h5-11,14-15H,1-4H3,(H,21,22)/t14-,15+/m0/s1. The fraction of sp³-hybridized carbons (Fsp3) is 0.316. The first-order valence-electron chi connectivity index (χ1n) is 7.66. The molecule has 4 heteroatoms. The molecule has 23 heavy (non-hydrogen) atoms. The number of carbonyl (C=O) groups excluding carboxylic acids is 1. The molecule has 2 atom stereocenters. The van der Waals surface area contributed by atoms with Crippen LogP contribution < -0.4 is 10.1 Å². The Morgan fingerprint density at radius 1 is 1.09 bits per heavy atom. The molecule has 0 bridgehead atoms. The number of rotatable bonds is 5. The van der Waals surface area contributed by atoms with Gasteiger partial charge < -0.3 is 10.1 Å². The van der Waals surface area contributed by atoms with E-state index in [1.54, 1.807) is 6.92 Å². The van der Waals surface area contributed by atoms with E-state index < -0.39 is 6.10 Å². The van der Waals surface area contributed by atoms with Gasteiger partial charge in [0.1, 0.15) is 5.75 Å². The van der Waals surface area contributed by atoms with Gasteiger partial charge in [-0.15, -0.1) is 0 Å². The molecule has 0 aliphatic rings. The van der Waals surface area contributed by atoms with E-state index in [4.69, 9.17) is 4.74 Å². The highest BCUT2D eigenvalue weighted by atomic mass is 79.9. The Balaban J connectivity index is 1.98. The Kier molecular flexibility index (Phi) is 5.83. The third-order valence-corrected chi connectivity index (χ3v) is 4.27. The molecule has 0 saturated heterocycles. The largest absolute Gasteiger partial charge is 0.481 e. The second kappa shape index (κ2) is 7.64. The number of hydrogen-bond acceptors (Lipinski definition) is 2. The summed E-state index contributed by atoms with van der Waals surface area (Å²) in [6.45, 7) is 7.87. The van der Waals surface area contributed by atoms with E-state index in [0.29, 0.717) is 5.75 Å². The second-order valence-corrected chi connectivity index (χ2v) is 6.72. The van der Waals surface area contributed by atoms with Gasteiger partial charge in [-0.2, -0.15) is 0 Å². The smallest absolute Gasteiger partial charge is 0.261 e. The molecule has 0 radical (unpaired) electrons. The summed E-state index contributed by atoms with van der Waals surface area (Å²) in [5, 5.41) is 3.01. The summed E-state index contributed by atoms with van der Waals surface area (Å²) in [7, 11) is 0. The highest BCUT2D eigenvalue weighted by Crippen LogP contribution is 2.20. The fourth-order valence-corrected chi connectivity index (χ4v) is 2.76. The Labute approximate surface area is 146 Å². The molecule has 2 aromatic rings. The van der Waals surface area contributed by atoms with Crippen LogP contribution in [0.25, 0.3) is 0 Å². The molecule has 1 amide bonds. The summed E-state index contributed by atoms with van der Waals surface area (Å²) in [6.07, 6.45) is -0.552. The molecule has 0 unspecified atom stereocenters. The van der Waals surface area contributed by atoms with E-state index in [9.17, 15) is 4.79 Å². The van der Waals surface area contributed by atoms with Crippen LogP contribution >= 0.6 is 15.9 Å². The van der Waals surface area contributed by atoms with Crippen molar-refractivity contribution in [2.45, 2.75) is 39.8 Å². The van der Waals surface area contributed by atoms with Crippen molar-refractivity contribution in [3.8, 4) is 5.75 Å². The summed E-state index contributed by atoms with van der Waals surface area (Å²) in [5.74, 6) is 0.551. The SMILES string of the molecule is Cc1ccc([C@H](C)NC(=O)[C@@H](C)Oc2ccc(Br)cc2)c(C)c1. The molecule has 1 N–H and O–H groups in total. The van der Waals surface area contributed by atoms with Gasteiger partial charge in [0.05, 0.1) is 6.04 Å². The number of carbonyl (C=O) groups is 1. The summed E-state index contributed by atoms with van der Waals surface area (Å²) in [4.78, 5) is 12.3. The molecular weight excluding hydrogens is 354 g/mol. The van der Waals surface area contributed by atoms with Crippen molar-refractivity contribution in [1.82, 2.24) is 5.32 Å². The molecule has 0 saturated carbocycles. The lowest BCUT2D eigenvalue weighted by atomic mass is 10.0. The molecule has 2 rings (SSSR count). The summed E-state index contributed by atoms with van der Waals surface area (Å²) in [6, 6.07) is 13.6. The van der Waals surface area contributed by atoms with Gasteiger partial charge in [-0.3, -0.25) is 4.79 Å². The van der Waals surface area contributed by atoms with E-state index in [1.165, 1.54) is 11.1 Å². The van der Waals surface area contributed by atoms with E-state index in [-0.39, 0.29) is 11.9 Å². The van der Waals surface area contributed by atoms with Crippen LogP contribution in [0.4, 0.5) is 0 Å². The quantitative estimate of drug-likeness (QED) is 0.821. The van der Waals surface area contributed by atoms with Crippen LogP contribution in [0, 0.1) is 13.8 Å². The molecule has 122 valence electrons. The molecule has 0 aliphatic heterocycles. The van der Waals surface area contributed by atoms with Gasteiger partial charge in [0.2, 0.25) is 0 Å². The molecule has 0 aromatic heterocycles. The van der Waals surface area contributed by atoms with E-state index in [0.717, 1.165) is 10.0 Å². The minimum Gasteiger partial charge on any atom is -0.481 e. The highest BCUT2D eigenvalue weighted by molar-refractivity contribution is 9.10. The van der Waals surface area contributed by atoms with Crippen LogP contribution in [-0.2, 0) is 4.79 Å². The first-order chi connectivity index (χ1) is 10.9. The fourth-order valence-electron chi connectivity index (χ4n) is 2.49. The lowest BCUT2D eigenvalue weighted by molar-refractivity contribution is -0.127. The molecule has 2 aromatic carbocycles. The number of aryl methyl sites for hydroxylation is 2. The van der Waals surface area contributed by atoms with E-state index >= 15 is 0 Å². The van der Waals surface area contributed by atoms with Gasteiger partial charge in [0, 0.05) is 4.47 Å². The van der Waals surface area contributed by atoms with Crippen molar-refractivity contribution in [1.29, 1.82) is 0 Å². The number of amides is 1. The third kappa shape index (κ3) is 4.83. The Morgan fingerprint density at radius 3 is 2.35 bits per heavy atom. The van der Waals surface area contributed by atoms with Gasteiger partial charge in [0.25, 0.3) is 5.91 Å². The van der Waals surface area contributed by atoms with Gasteiger partial charge in [-0.1, -0.05) is 39.7 Å².